The average Bonchev–Trinajstić information content (AvgIpc) is 3.00. The molecule has 6 nitrogen and oxygen atoms in total. The number of thioether (sulfide) groups is 1. The van der Waals surface area contributed by atoms with E-state index in [0.717, 1.165) is 5.56 Å². The van der Waals surface area contributed by atoms with Crippen LogP contribution in [0.5, 0.6) is 0 Å². The number of nitrogens with zero attached hydrogens (tertiary/aromatic N) is 1. The molecule has 2 aromatic carbocycles. The smallest absolute Gasteiger partial charge is 0.240 e. The molecular formula is C20H18FN3O3S. The fraction of sp³-hybridized carbons (Fsp3) is 0.200. The molecule has 0 aliphatic carbocycles. The minimum Gasteiger partial charge on any atom is -0.326 e. The summed E-state index contributed by atoms with van der Waals surface area (Å²) in [4.78, 5) is 40.1. The highest BCUT2D eigenvalue weighted by Gasteiger charge is 2.32. The summed E-state index contributed by atoms with van der Waals surface area (Å²) in [7, 11) is 0. The number of hydrogen-bond donors (Lipinski definition) is 2. The number of carbonyl (C=O) groups excluding carboxylic acids is 3. The minimum atomic E-state index is -0.581. The summed E-state index contributed by atoms with van der Waals surface area (Å²) in [6, 6.07) is 12.6. The molecule has 0 spiro atoms. The van der Waals surface area contributed by atoms with E-state index in [1.54, 1.807) is 36.4 Å². The molecule has 8 heteroatoms. The zero-order valence-corrected chi connectivity index (χ0v) is 15.9. The summed E-state index contributed by atoms with van der Waals surface area (Å²) >= 11 is 1.19. The van der Waals surface area contributed by atoms with Gasteiger partial charge in [0, 0.05) is 17.7 Å². The van der Waals surface area contributed by atoms with Gasteiger partial charge in [0.05, 0.1) is 6.54 Å². The van der Waals surface area contributed by atoms with E-state index in [9.17, 15) is 18.8 Å². The van der Waals surface area contributed by atoms with Crippen molar-refractivity contribution >= 4 is 40.2 Å². The predicted octanol–water partition coefficient (Wildman–Crippen LogP) is 3.14. The van der Waals surface area contributed by atoms with E-state index in [0.29, 0.717) is 23.0 Å². The van der Waals surface area contributed by atoms with Crippen LogP contribution in [0.4, 0.5) is 10.1 Å². The molecule has 1 saturated heterocycles. The molecule has 0 aromatic heterocycles. The number of Topliss-reactive ketones (excluding diaryl/α,β-unsaturated/α-hetero) is 1. The quantitative estimate of drug-likeness (QED) is 0.731. The van der Waals surface area contributed by atoms with Gasteiger partial charge in [0.15, 0.2) is 11.0 Å². The number of anilines is 1. The molecule has 0 bridgehead atoms. The Hall–Kier alpha value is -3.00. The molecule has 2 amide bonds. The maximum Gasteiger partial charge on any atom is 0.240 e. The monoisotopic (exact) mass is 399 g/mol. The first kappa shape index (κ1) is 19.8. The van der Waals surface area contributed by atoms with Crippen molar-refractivity contribution in [2.75, 3.05) is 5.32 Å². The number of nitrogens with one attached hydrogen (secondary N) is 2. The van der Waals surface area contributed by atoms with Gasteiger partial charge < -0.3 is 10.6 Å². The Morgan fingerprint density at radius 2 is 1.96 bits per heavy atom. The Morgan fingerprint density at radius 3 is 2.68 bits per heavy atom. The van der Waals surface area contributed by atoms with Gasteiger partial charge in [-0.1, -0.05) is 36.0 Å². The van der Waals surface area contributed by atoms with Gasteiger partial charge in [-0.15, -0.1) is 0 Å². The number of amides is 2. The van der Waals surface area contributed by atoms with Gasteiger partial charge >= 0.3 is 0 Å². The van der Waals surface area contributed by atoms with Crippen molar-refractivity contribution in [3.63, 3.8) is 0 Å². The van der Waals surface area contributed by atoms with Gasteiger partial charge in [-0.25, -0.2) is 4.39 Å². The van der Waals surface area contributed by atoms with Crippen LogP contribution in [-0.4, -0.2) is 28.0 Å². The van der Waals surface area contributed by atoms with Crippen molar-refractivity contribution in [1.29, 1.82) is 0 Å². The summed E-state index contributed by atoms with van der Waals surface area (Å²) in [5.74, 6) is -1.02. The van der Waals surface area contributed by atoms with Crippen molar-refractivity contribution in [2.45, 2.75) is 25.1 Å². The molecule has 0 unspecified atom stereocenters. The lowest BCUT2D eigenvalue weighted by atomic mass is 10.1. The van der Waals surface area contributed by atoms with Crippen LogP contribution < -0.4 is 10.6 Å². The molecule has 1 heterocycles. The number of amidine groups is 1. The lowest BCUT2D eigenvalue weighted by Crippen LogP contribution is -2.28. The van der Waals surface area contributed by atoms with Crippen LogP contribution in [0.1, 0.15) is 29.3 Å². The molecule has 0 radical (unpaired) electrons. The molecule has 1 aliphatic rings. The number of hydrogen-bond acceptors (Lipinski definition) is 5. The average molecular weight is 399 g/mol. The second-order valence-corrected chi connectivity index (χ2v) is 7.42. The van der Waals surface area contributed by atoms with Crippen molar-refractivity contribution in [2.24, 2.45) is 4.99 Å². The van der Waals surface area contributed by atoms with Gasteiger partial charge in [0.1, 0.15) is 11.1 Å². The number of aliphatic imine (C=N–C) groups is 1. The molecule has 3 rings (SSSR count). The Morgan fingerprint density at radius 1 is 1.21 bits per heavy atom. The SMILES string of the molecule is CC(=O)c1cccc(NC(=O)C[C@@H]2SC(=NCc3ccc(F)cc3)NC2=O)c1. The molecular weight excluding hydrogens is 381 g/mol. The summed E-state index contributed by atoms with van der Waals surface area (Å²) in [6.45, 7) is 1.76. The van der Waals surface area contributed by atoms with Crippen molar-refractivity contribution < 1.29 is 18.8 Å². The van der Waals surface area contributed by atoms with Gasteiger partial charge in [0.25, 0.3) is 0 Å². The Bertz CT molecular complexity index is 944. The second kappa shape index (κ2) is 8.79. The van der Waals surface area contributed by atoms with Gasteiger partial charge in [-0.2, -0.15) is 0 Å². The van der Waals surface area contributed by atoms with Crippen LogP contribution in [0.25, 0.3) is 0 Å². The topological polar surface area (TPSA) is 87.6 Å². The first-order valence-electron chi connectivity index (χ1n) is 8.58. The second-order valence-electron chi connectivity index (χ2n) is 6.23. The third kappa shape index (κ3) is 5.26. The zero-order chi connectivity index (χ0) is 20.1. The van der Waals surface area contributed by atoms with Crippen LogP contribution in [0.15, 0.2) is 53.5 Å². The van der Waals surface area contributed by atoms with Crippen molar-refractivity contribution in [1.82, 2.24) is 5.32 Å². The zero-order valence-electron chi connectivity index (χ0n) is 15.1. The fourth-order valence-electron chi connectivity index (χ4n) is 2.56. The van der Waals surface area contributed by atoms with Gasteiger partial charge in [-0.05, 0) is 36.8 Å². The summed E-state index contributed by atoms with van der Waals surface area (Å²) in [5.41, 5.74) is 1.82. The molecule has 28 heavy (non-hydrogen) atoms. The first-order chi connectivity index (χ1) is 13.4. The first-order valence-corrected chi connectivity index (χ1v) is 9.46. The third-order valence-corrected chi connectivity index (χ3v) is 5.14. The Labute approximate surface area is 165 Å². The maximum absolute atomic E-state index is 12.9. The van der Waals surface area contributed by atoms with Crippen LogP contribution in [0.3, 0.4) is 0 Å². The van der Waals surface area contributed by atoms with E-state index >= 15 is 0 Å². The van der Waals surface area contributed by atoms with Crippen LogP contribution in [0.2, 0.25) is 0 Å². The van der Waals surface area contributed by atoms with E-state index in [2.05, 4.69) is 15.6 Å². The largest absolute Gasteiger partial charge is 0.326 e. The van der Waals surface area contributed by atoms with E-state index < -0.39 is 5.25 Å². The predicted molar refractivity (Wildman–Crippen MR) is 107 cm³/mol. The molecule has 144 valence electrons. The fourth-order valence-corrected chi connectivity index (χ4v) is 3.53. The lowest BCUT2D eigenvalue weighted by molar-refractivity contribution is -0.122. The standard InChI is InChI=1S/C20H18FN3O3S/c1-12(25)14-3-2-4-16(9-14)23-18(26)10-17-19(27)24-20(28-17)22-11-13-5-7-15(21)8-6-13/h2-9,17H,10-11H2,1H3,(H,23,26)(H,22,24,27)/t17-/m0/s1. The van der Waals surface area contributed by atoms with E-state index in [1.165, 1.54) is 30.8 Å². The van der Waals surface area contributed by atoms with Gasteiger partial charge in [-0.3, -0.25) is 19.4 Å². The normalized spacial score (nSPS) is 17.4. The number of benzene rings is 2. The number of ketones is 1. The minimum absolute atomic E-state index is 0.0175. The maximum atomic E-state index is 12.9. The Kier molecular flexibility index (Phi) is 6.20. The third-order valence-electron chi connectivity index (χ3n) is 4.02. The summed E-state index contributed by atoms with van der Waals surface area (Å²) in [5, 5.41) is 5.21. The molecule has 2 aromatic rings. The highest BCUT2D eigenvalue weighted by atomic mass is 32.2. The van der Waals surface area contributed by atoms with Crippen LogP contribution in [0, 0.1) is 5.82 Å². The number of carbonyl (C=O) groups is 3. The Balaban J connectivity index is 1.55. The molecule has 2 N–H and O–H groups in total. The number of halogens is 1. The van der Waals surface area contributed by atoms with Gasteiger partial charge in [0.2, 0.25) is 11.8 Å². The molecule has 0 saturated carbocycles. The van der Waals surface area contributed by atoms with E-state index in [4.69, 9.17) is 0 Å². The molecule has 1 aliphatic heterocycles. The van der Waals surface area contributed by atoms with E-state index in [1.807, 2.05) is 0 Å². The molecule has 1 fully saturated rings. The number of rotatable bonds is 6. The summed E-state index contributed by atoms with van der Waals surface area (Å²) in [6.07, 6.45) is -0.0175. The van der Waals surface area contributed by atoms with Crippen LogP contribution >= 0.6 is 11.8 Å². The van der Waals surface area contributed by atoms with Crippen LogP contribution in [-0.2, 0) is 16.1 Å². The van der Waals surface area contributed by atoms with Crippen molar-refractivity contribution in [3.8, 4) is 0 Å². The van der Waals surface area contributed by atoms with E-state index in [-0.39, 0.29) is 29.8 Å². The highest BCUT2D eigenvalue weighted by Crippen LogP contribution is 2.23. The molecule has 1 atom stereocenters. The summed E-state index contributed by atoms with van der Waals surface area (Å²) < 4.78 is 12.9. The lowest BCUT2D eigenvalue weighted by Gasteiger charge is -2.08. The van der Waals surface area contributed by atoms with Crippen molar-refractivity contribution in [3.05, 3.63) is 65.5 Å². The highest BCUT2D eigenvalue weighted by molar-refractivity contribution is 8.15.